The summed E-state index contributed by atoms with van der Waals surface area (Å²) in [6, 6.07) is 6.14. The van der Waals surface area contributed by atoms with E-state index in [1.807, 2.05) is 22.6 Å². The van der Waals surface area contributed by atoms with Crippen LogP contribution in [0.2, 0.25) is 0 Å². The number of hydrogen-bond donors (Lipinski definition) is 1. The van der Waals surface area contributed by atoms with Crippen molar-refractivity contribution in [3.05, 3.63) is 33.4 Å². The molecular formula is C7H6IO4S-. The predicted molar refractivity (Wildman–Crippen MR) is 53.8 cm³/mol. The molecule has 0 aliphatic carbocycles. The lowest BCUT2D eigenvalue weighted by atomic mass is 10.2. The van der Waals surface area contributed by atoms with Crippen molar-refractivity contribution in [1.82, 2.24) is 0 Å². The molecule has 72 valence electrons. The van der Waals surface area contributed by atoms with Crippen molar-refractivity contribution in [3.8, 4) is 0 Å². The molecule has 0 saturated carbocycles. The van der Waals surface area contributed by atoms with Gasteiger partial charge < -0.3 is 9.66 Å². The molecule has 0 fully saturated rings. The molecule has 0 saturated heterocycles. The molecule has 0 spiro atoms. The number of rotatable bonds is 2. The minimum absolute atomic E-state index is 0.0990. The molecule has 0 aliphatic heterocycles. The number of hydrogen-bond acceptors (Lipinski definition) is 4. The Balaban J connectivity index is 3.10. The van der Waals surface area contributed by atoms with Crippen LogP contribution in [0.3, 0.4) is 0 Å². The van der Waals surface area contributed by atoms with Crippen molar-refractivity contribution in [2.24, 2.45) is 0 Å². The summed E-state index contributed by atoms with van der Waals surface area (Å²) >= 11 is 1.96. The summed E-state index contributed by atoms with van der Waals surface area (Å²) < 4.78 is 32.1. The summed E-state index contributed by atoms with van der Waals surface area (Å²) in [6.45, 7) is 0. The number of aliphatic hydroxyl groups is 1. The number of halogens is 1. The fourth-order valence-corrected chi connectivity index (χ4v) is 1.87. The molecule has 0 amide bonds. The summed E-state index contributed by atoms with van der Waals surface area (Å²) in [4.78, 5) is 0. The van der Waals surface area contributed by atoms with E-state index < -0.39 is 15.6 Å². The van der Waals surface area contributed by atoms with Gasteiger partial charge in [0.25, 0.3) is 0 Å². The SMILES string of the molecule is O=S(=O)([O-])C(O)c1cccc(I)c1. The Hall–Kier alpha value is -0.180. The molecule has 6 heteroatoms. The van der Waals surface area contributed by atoms with Crippen LogP contribution in [0.5, 0.6) is 0 Å². The first-order valence-electron chi connectivity index (χ1n) is 3.29. The Morgan fingerprint density at radius 2 is 2.08 bits per heavy atom. The fourth-order valence-electron chi connectivity index (χ4n) is 0.827. The average Bonchev–Trinajstić information content (AvgIpc) is 2.01. The van der Waals surface area contributed by atoms with E-state index >= 15 is 0 Å². The highest BCUT2D eigenvalue weighted by Gasteiger charge is 2.14. The summed E-state index contributed by atoms with van der Waals surface area (Å²) in [6.07, 6.45) is 0. The minimum Gasteiger partial charge on any atom is -0.746 e. The first-order valence-corrected chi connectivity index (χ1v) is 5.84. The Morgan fingerprint density at radius 1 is 1.46 bits per heavy atom. The van der Waals surface area contributed by atoms with Crippen LogP contribution >= 0.6 is 22.6 Å². The molecule has 0 bridgehead atoms. The third-order valence-corrected chi connectivity index (χ3v) is 2.90. The van der Waals surface area contributed by atoms with Crippen molar-refractivity contribution >= 4 is 32.7 Å². The summed E-state index contributed by atoms with van der Waals surface area (Å²) in [5, 5.41) is 9.08. The van der Waals surface area contributed by atoms with Gasteiger partial charge in [0.2, 0.25) is 0 Å². The highest BCUT2D eigenvalue weighted by molar-refractivity contribution is 14.1. The van der Waals surface area contributed by atoms with E-state index in [1.165, 1.54) is 12.1 Å². The third-order valence-electron chi connectivity index (χ3n) is 1.41. The monoisotopic (exact) mass is 313 g/mol. The van der Waals surface area contributed by atoms with E-state index in [0.717, 1.165) is 3.57 Å². The zero-order chi connectivity index (χ0) is 10.1. The lowest BCUT2D eigenvalue weighted by Gasteiger charge is -2.14. The number of aliphatic hydroxyl groups excluding tert-OH is 1. The summed E-state index contributed by atoms with van der Waals surface area (Å²) in [5.74, 6) is 0. The van der Waals surface area contributed by atoms with Gasteiger partial charge in [0.15, 0.2) is 5.44 Å². The van der Waals surface area contributed by atoms with Crippen molar-refractivity contribution in [3.63, 3.8) is 0 Å². The van der Waals surface area contributed by atoms with E-state index in [0.29, 0.717) is 0 Å². The molecule has 0 aromatic heterocycles. The fraction of sp³-hybridized carbons (Fsp3) is 0.143. The molecule has 1 rings (SSSR count). The first-order chi connectivity index (χ1) is 5.91. The van der Waals surface area contributed by atoms with Gasteiger partial charge in [-0.25, -0.2) is 8.42 Å². The topological polar surface area (TPSA) is 77.4 Å². The van der Waals surface area contributed by atoms with E-state index in [9.17, 15) is 13.0 Å². The molecule has 4 nitrogen and oxygen atoms in total. The highest BCUT2D eigenvalue weighted by Crippen LogP contribution is 2.19. The van der Waals surface area contributed by atoms with Crippen LogP contribution in [0.4, 0.5) is 0 Å². The maximum absolute atomic E-state index is 10.4. The third kappa shape index (κ3) is 2.90. The van der Waals surface area contributed by atoms with Crippen LogP contribution in [0.25, 0.3) is 0 Å². The van der Waals surface area contributed by atoms with Gasteiger partial charge in [0.05, 0.1) is 0 Å². The molecule has 1 aromatic carbocycles. The van der Waals surface area contributed by atoms with Gasteiger partial charge in [0.1, 0.15) is 10.1 Å². The second-order valence-electron chi connectivity index (χ2n) is 2.40. The molecule has 1 atom stereocenters. The maximum Gasteiger partial charge on any atom is 0.168 e. The zero-order valence-corrected chi connectivity index (χ0v) is 9.32. The Morgan fingerprint density at radius 3 is 2.54 bits per heavy atom. The van der Waals surface area contributed by atoms with Crippen LogP contribution in [0.1, 0.15) is 11.0 Å². The van der Waals surface area contributed by atoms with E-state index in [2.05, 4.69) is 0 Å². The Kier molecular flexibility index (Phi) is 3.28. The predicted octanol–water partition coefficient (Wildman–Crippen LogP) is 0.827. The van der Waals surface area contributed by atoms with Gasteiger partial charge in [-0.05, 0) is 40.3 Å². The second kappa shape index (κ2) is 3.91. The van der Waals surface area contributed by atoms with E-state index in [-0.39, 0.29) is 5.56 Å². The van der Waals surface area contributed by atoms with Gasteiger partial charge in [-0.1, -0.05) is 12.1 Å². The van der Waals surface area contributed by atoms with Gasteiger partial charge in [0, 0.05) is 3.57 Å². The van der Waals surface area contributed by atoms with Crippen LogP contribution in [-0.4, -0.2) is 18.1 Å². The number of benzene rings is 1. The molecule has 1 aromatic rings. The van der Waals surface area contributed by atoms with Crippen molar-refractivity contribution in [1.29, 1.82) is 0 Å². The van der Waals surface area contributed by atoms with Crippen molar-refractivity contribution < 1.29 is 18.1 Å². The summed E-state index contributed by atoms with van der Waals surface area (Å²) in [5.41, 5.74) is -1.87. The largest absolute Gasteiger partial charge is 0.746 e. The Bertz CT molecular complexity index is 401. The minimum atomic E-state index is -4.67. The lowest BCUT2D eigenvalue weighted by Crippen LogP contribution is -2.11. The standard InChI is InChI=1S/C7H7IO4S/c8-6-3-1-2-5(4-6)7(9)13(10,11)12/h1-4,7,9H,(H,10,11,12)/p-1. The maximum atomic E-state index is 10.4. The molecule has 1 N–H and O–H groups in total. The Labute approximate surface area is 89.5 Å². The molecular weight excluding hydrogens is 307 g/mol. The smallest absolute Gasteiger partial charge is 0.168 e. The van der Waals surface area contributed by atoms with E-state index in [4.69, 9.17) is 5.11 Å². The molecule has 0 radical (unpaired) electrons. The molecule has 0 heterocycles. The van der Waals surface area contributed by atoms with Gasteiger partial charge in [-0.2, -0.15) is 0 Å². The van der Waals surface area contributed by atoms with Crippen LogP contribution < -0.4 is 0 Å². The highest BCUT2D eigenvalue weighted by atomic mass is 127. The zero-order valence-electron chi connectivity index (χ0n) is 6.34. The van der Waals surface area contributed by atoms with Crippen molar-refractivity contribution in [2.45, 2.75) is 5.44 Å². The van der Waals surface area contributed by atoms with E-state index in [1.54, 1.807) is 12.1 Å². The van der Waals surface area contributed by atoms with Gasteiger partial charge in [-0.15, -0.1) is 0 Å². The molecule has 13 heavy (non-hydrogen) atoms. The van der Waals surface area contributed by atoms with Gasteiger partial charge in [-0.3, -0.25) is 0 Å². The van der Waals surface area contributed by atoms with Crippen LogP contribution in [0, 0.1) is 3.57 Å². The van der Waals surface area contributed by atoms with Crippen LogP contribution in [-0.2, 0) is 10.1 Å². The first kappa shape index (κ1) is 10.9. The summed E-state index contributed by atoms with van der Waals surface area (Å²) in [7, 11) is -4.67. The quantitative estimate of drug-likeness (QED) is 0.648. The average molecular weight is 313 g/mol. The normalized spacial score (nSPS) is 14.1. The van der Waals surface area contributed by atoms with Crippen molar-refractivity contribution in [2.75, 3.05) is 0 Å². The van der Waals surface area contributed by atoms with Crippen LogP contribution in [0.15, 0.2) is 24.3 Å². The molecule has 1 unspecified atom stereocenters. The molecule has 0 aliphatic rings. The van der Waals surface area contributed by atoms with Gasteiger partial charge >= 0.3 is 0 Å². The lowest BCUT2D eigenvalue weighted by molar-refractivity contribution is 0.236. The second-order valence-corrected chi connectivity index (χ2v) is 5.08.